The van der Waals surface area contributed by atoms with Crippen LogP contribution in [0.2, 0.25) is 13.1 Å². The highest BCUT2D eigenvalue weighted by Gasteiger charge is 2.30. The molecule has 2 atom stereocenters. The highest BCUT2D eigenvalue weighted by Crippen LogP contribution is 2.36. The van der Waals surface area contributed by atoms with E-state index in [1.165, 1.54) is 0 Å². The molecule has 0 rings (SSSR count). The van der Waals surface area contributed by atoms with E-state index in [2.05, 4.69) is 0 Å². The van der Waals surface area contributed by atoms with E-state index in [0.717, 1.165) is 0 Å². The van der Waals surface area contributed by atoms with E-state index in [9.17, 15) is 9.13 Å². The first kappa shape index (κ1) is 15.5. The maximum Gasteiger partial charge on any atom is 0.347 e. The summed E-state index contributed by atoms with van der Waals surface area (Å²) in [6.45, 7) is 7.31. The van der Waals surface area contributed by atoms with Gasteiger partial charge < -0.3 is 17.5 Å². The van der Waals surface area contributed by atoms with Gasteiger partial charge in [-0.2, -0.15) is 0 Å². The van der Waals surface area contributed by atoms with E-state index in [0.29, 0.717) is 13.2 Å². The van der Waals surface area contributed by atoms with Crippen molar-refractivity contribution in [3.63, 3.8) is 0 Å². The van der Waals surface area contributed by atoms with Gasteiger partial charge in [0, 0.05) is 0 Å². The second-order valence-corrected chi connectivity index (χ2v) is 8.98. The second-order valence-electron chi connectivity index (χ2n) is 2.97. The van der Waals surface area contributed by atoms with Crippen molar-refractivity contribution in [1.29, 1.82) is 0 Å². The molecule has 6 nitrogen and oxygen atoms in total. The molecule has 0 amide bonds. The Morgan fingerprint density at radius 2 is 1.27 bits per heavy atom. The lowest BCUT2D eigenvalue weighted by molar-refractivity contribution is 0.263. The minimum absolute atomic E-state index is 0.308. The fourth-order valence-corrected chi connectivity index (χ4v) is 5.41. The summed E-state index contributed by atoms with van der Waals surface area (Å²) in [6.07, 6.45) is 0. The van der Waals surface area contributed by atoms with Crippen LogP contribution in [-0.2, 0) is 26.6 Å². The Morgan fingerprint density at radius 3 is 1.53 bits per heavy atom. The molecular weight excluding hydrogens is 258 g/mol. The van der Waals surface area contributed by atoms with Crippen LogP contribution in [0.4, 0.5) is 0 Å². The zero-order chi connectivity index (χ0) is 11.9. The zero-order valence-corrected chi connectivity index (χ0v) is 12.4. The van der Waals surface area contributed by atoms with Gasteiger partial charge in [0.25, 0.3) is 0 Å². The molecule has 0 aromatic heterocycles. The van der Waals surface area contributed by atoms with Gasteiger partial charge in [0.15, 0.2) is 0 Å². The first-order chi connectivity index (χ1) is 6.91. The van der Waals surface area contributed by atoms with Gasteiger partial charge in [-0.1, -0.05) is 0 Å². The summed E-state index contributed by atoms with van der Waals surface area (Å²) in [7, 11) is -7.79. The third-order valence-electron chi connectivity index (χ3n) is 1.18. The lowest BCUT2D eigenvalue weighted by Gasteiger charge is -2.20. The Morgan fingerprint density at radius 1 is 0.933 bits per heavy atom. The maximum absolute atomic E-state index is 11.2. The molecule has 0 N–H and O–H groups in total. The van der Waals surface area contributed by atoms with Crippen molar-refractivity contribution < 1.29 is 26.6 Å². The molecule has 0 bridgehead atoms. The highest BCUT2D eigenvalue weighted by molar-refractivity contribution is 7.38. The normalized spacial score (nSPS) is 16.3. The maximum atomic E-state index is 11.2. The third-order valence-corrected chi connectivity index (χ3v) is 7.50. The summed E-state index contributed by atoms with van der Waals surface area (Å²) >= 11 is 0. The molecule has 0 spiro atoms. The van der Waals surface area contributed by atoms with E-state index >= 15 is 0 Å². The molecule has 2 unspecified atom stereocenters. The van der Waals surface area contributed by atoms with Crippen molar-refractivity contribution in [1.82, 2.24) is 0 Å². The van der Waals surface area contributed by atoms with Crippen molar-refractivity contribution in [3.8, 4) is 0 Å². The minimum atomic E-state index is -2.69. The highest BCUT2D eigenvalue weighted by atomic mass is 31.1. The molecule has 0 saturated carbocycles. The van der Waals surface area contributed by atoms with Crippen LogP contribution < -0.4 is 0 Å². The Balaban J connectivity index is 4.05. The van der Waals surface area contributed by atoms with Gasteiger partial charge in [-0.3, -0.25) is 9.13 Å². The van der Waals surface area contributed by atoms with Crippen molar-refractivity contribution >= 4 is 25.1 Å². The molecule has 0 aromatic rings. The number of hydrogen-bond acceptors (Lipinski definition) is 6. The van der Waals surface area contributed by atoms with Crippen LogP contribution in [0.25, 0.3) is 0 Å². The predicted molar refractivity (Wildman–Crippen MR) is 60.9 cm³/mol. The zero-order valence-electron chi connectivity index (χ0n) is 9.36. The van der Waals surface area contributed by atoms with Crippen LogP contribution in [0, 0.1) is 0 Å². The molecule has 9 heteroatoms. The quantitative estimate of drug-likeness (QED) is 0.501. The van der Waals surface area contributed by atoms with E-state index in [4.69, 9.17) is 17.5 Å². The van der Waals surface area contributed by atoms with Crippen LogP contribution in [0.1, 0.15) is 13.8 Å². The summed E-state index contributed by atoms with van der Waals surface area (Å²) in [5, 5.41) is 0. The molecular formula is C6H18O6P2Si. The van der Waals surface area contributed by atoms with Crippen molar-refractivity contribution in [2.45, 2.75) is 26.9 Å². The predicted octanol–water partition coefficient (Wildman–Crippen LogP) is 2.57. The van der Waals surface area contributed by atoms with Crippen LogP contribution >= 0.6 is 16.5 Å². The van der Waals surface area contributed by atoms with Gasteiger partial charge in [-0.15, -0.1) is 0 Å². The standard InChI is InChI=1S/C6H18O6P2Si/c1-5-9-13(7)11-15(3,4)12-14(8)10-6-2/h13-14H,5-6H2,1-4H3. The van der Waals surface area contributed by atoms with Gasteiger partial charge in [-0.25, -0.2) is 0 Å². The summed E-state index contributed by atoms with van der Waals surface area (Å²) in [5.41, 5.74) is 0. The third kappa shape index (κ3) is 8.34. The molecule has 0 aliphatic rings. The Kier molecular flexibility index (Phi) is 8.00. The van der Waals surface area contributed by atoms with Gasteiger partial charge >= 0.3 is 25.1 Å². The van der Waals surface area contributed by atoms with Crippen LogP contribution in [-0.4, -0.2) is 21.8 Å². The Labute approximate surface area is 92.4 Å². The smallest absolute Gasteiger partial charge is 0.325 e. The average Bonchev–Trinajstić information content (AvgIpc) is 2.01. The molecule has 0 saturated heterocycles. The van der Waals surface area contributed by atoms with Crippen molar-refractivity contribution in [2.24, 2.45) is 0 Å². The van der Waals surface area contributed by atoms with Crippen LogP contribution in [0.5, 0.6) is 0 Å². The first-order valence-corrected chi connectivity index (χ1v) is 9.89. The molecule has 0 aromatic carbocycles. The summed E-state index contributed by atoms with van der Waals surface area (Å²) in [6, 6.07) is 0. The number of rotatable bonds is 8. The lowest BCUT2D eigenvalue weighted by Crippen LogP contribution is -2.29. The van der Waals surface area contributed by atoms with Gasteiger partial charge in [0.1, 0.15) is 0 Å². The Bertz CT molecular complexity index is 212. The summed E-state index contributed by atoms with van der Waals surface area (Å²) < 4.78 is 42.0. The van der Waals surface area contributed by atoms with Crippen molar-refractivity contribution in [2.75, 3.05) is 13.2 Å². The second kappa shape index (κ2) is 7.74. The summed E-state index contributed by atoms with van der Waals surface area (Å²) in [4.78, 5) is 0. The molecule has 92 valence electrons. The van der Waals surface area contributed by atoms with Crippen LogP contribution in [0.15, 0.2) is 0 Å². The fourth-order valence-electron chi connectivity index (χ4n) is 0.717. The van der Waals surface area contributed by atoms with E-state index in [1.807, 2.05) is 0 Å². The van der Waals surface area contributed by atoms with Gasteiger partial charge in [-0.05, 0) is 26.9 Å². The summed E-state index contributed by atoms with van der Waals surface area (Å²) in [5.74, 6) is 0. The molecule has 0 aliphatic heterocycles. The van der Waals surface area contributed by atoms with Gasteiger partial charge in [0.05, 0.1) is 13.2 Å². The molecule has 0 heterocycles. The lowest BCUT2D eigenvalue weighted by atomic mass is 10.9. The molecule has 0 radical (unpaired) electrons. The minimum Gasteiger partial charge on any atom is -0.325 e. The van der Waals surface area contributed by atoms with Gasteiger partial charge in [0.2, 0.25) is 0 Å². The fraction of sp³-hybridized carbons (Fsp3) is 1.00. The molecule has 0 fully saturated rings. The van der Waals surface area contributed by atoms with E-state index < -0.39 is 25.1 Å². The van der Waals surface area contributed by atoms with Crippen LogP contribution in [0.3, 0.4) is 0 Å². The first-order valence-electron chi connectivity index (χ1n) is 4.62. The Hall–Kier alpha value is 0.517. The number of hydrogen-bond donors (Lipinski definition) is 0. The molecule has 15 heavy (non-hydrogen) atoms. The van der Waals surface area contributed by atoms with Crippen molar-refractivity contribution in [3.05, 3.63) is 0 Å². The molecule has 0 aliphatic carbocycles. The van der Waals surface area contributed by atoms with E-state index in [1.54, 1.807) is 26.9 Å². The van der Waals surface area contributed by atoms with E-state index in [-0.39, 0.29) is 0 Å². The average molecular weight is 276 g/mol. The largest absolute Gasteiger partial charge is 0.347 e. The topological polar surface area (TPSA) is 71.1 Å². The monoisotopic (exact) mass is 276 g/mol. The SMILES string of the molecule is CCO[PH](=O)O[Si](C)(C)O[PH](=O)OCC.